The van der Waals surface area contributed by atoms with E-state index in [0.717, 1.165) is 34.7 Å². The molecule has 1 atom stereocenters. The third-order valence-electron chi connectivity index (χ3n) is 5.14. The first-order valence-electron chi connectivity index (χ1n) is 9.96. The molecular weight excluding hydrogens is 366 g/mol. The van der Waals surface area contributed by atoms with Crippen LogP contribution in [0.4, 0.5) is 5.69 Å². The molecule has 0 aliphatic carbocycles. The summed E-state index contributed by atoms with van der Waals surface area (Å²) in [5, 5.41) is 3.00. The molecule has 0 saturated heterocycles. The van der Waals surface area contributed by atoms with Crippen molar-refractivity contribution in [3.63, 3.8) is 0 Å². The zero-order chi connectivity index (χ0) is 21.1. The summed E-state index contributed by atoms with van der Waals surface area (Å²) in [6, 6.07) is 12.8. The van der Waals surface area contributed by atoms with Crippen LogP contribution in [0.5, 0.6) is 0 Å². The number of hydrogen-bond acceptors (Lipinski definition) is 3. The summed E-state index contributed by atoms with van der Waals surface area (Å²) in [6.45, 7) is 10.8. The van der Waals surface area contributed by atoms with Crippen LogP contribution in [0.2, 0.25) is 0 Å². The predicted molar refractivity (Wildman–Crippen MR) is 113 cm³/mol. The Bertz CT molecular complexity index is 1070. The van der Waals surface area contributed by atoms with Gasteiger partial charge in [-0.15, -0.1) is 0 Å². The van der Waals surface area contributed by atoms with Gasteiger partial charge in [0.25, 0.3) is 11.7 Å². The molecule has 0 unspecified atom stereocenters. The lowest BCUT2D eigenvalue weighted by Crippen LogP contribution is -2.36. The minimum Gasteiger partial charge on any atom is -0.462 e. The average molecular weight is 394 g/mol. The Morgan fingerprint density at radius 1 is 1.14 bits per heavy atom. The van der Waals surface area contributed by atoms with Crippen molar-refractivity contribution < 1.29 is 18.9 Å². The number of nitrogens with zero attached hydrogens (tertiary/aromatic N) is 2. The van der Waals surface area contributed by atoms with Crippen LogP contribution in [0.25, 0.3) is 11.0 Å². The van der Waals surface area contributed by atoms with Crippen molar-refractivity contribution in [1.29, 1.82) is 0 Å². The summed E-state index contributed by atoms with van der Waals surface area (Å²) in [4.78, 5) is 25.2. The van der Waals surface area contributed by atoms with Gasteiger partial charge in [-0.05, 0) is 57.5 Å². The maximum Gasteiger partial charge on any atom is 0.338 e. The van der Waals surface area contributed by atoms with Gasteiger partial charge in [-0.25, -0.2) is 13.9 Å². The Morgan fingerprint density at radius 2 is 1.90 bits per heavy atom. The molecule has 0 radical (unpaired) electrons. The van der Waals surface area contributed by atoms with E-state index in [9.17, 15) is 9.59 Å². The number of amides is 1. The number of imidazole rings is 1. The molecule has 6 heteroatoms. The fraction of sp³-hybridized carbons (Fsp3) is 0.348. The molecule has 3 rings (SSSR count). The molecule has 152 valence electrons. The van der Waals surface area contributed by atoms with Crippen molar-refractivity contribution in [2.75, 3.05) is 11.9 Å². The molecule has 1 heterocycles. The van der Waals surface area contributed by atoms with E-state index in [2.05, 4.69) is 16.8 Å². The lowest BCUT2D eigenvalue weighted by molar-refractivity contribution is -0.675. The van der Waals surface area contributed by atoms with Gasteiger partial charge in [0.05, 0.1) is 18.7 Å². The fourth-order valence-corrected chi connectivity index (χ4v) is 3.74. The van der Waals surface area contributed by atoms with Crippen molar-refractivity contribution in [1.82, 2.24) is 4.57 Å². The highest BCUT2D eigenvalue weighted by Gasteiger charge is 2.30. The van der Waals surface area contributed by atoms with Crippen LogP contribution in [-0.2, 0) is 16.1 Å². The van der Waals surface area contributed by atoms with Gasteiger partial charge in [-0.2, -0.15) is 0 Å². The third-order valence-corrected chi connectivity index (χ3v) is 5.14. The number of nitrogens with one attached hydrogen (secondary N) is 1. The highest BCUT2D eigenvalue weighted by Crippen LogP contribution is 2.23. The van der Waals surface area contributed by atoms with Gasteiger partial charge in [0.1, 0.15) is 0 Å². The molecule has 0 aliphatic rings. The van der Waals surface area contributed by atoms with E-state index in [-0.39, 0.29) is 11.9 Å². The molecule has 0 spiro atoms. The molecule has 0 bridgehead atoms. The van der Waals surface area contributed by atoms with Crippen molar-refractivity contribution in [2.45, 2.75) is 47.2 Å². The van der Waals surface area contributed by atoms with Gasteiger partial charge in [0.2, 0.25) is 0 Å². The van der Waals surface area contributed by atoms with E-state index in [0.29, 0.717) is 12.2 Å². The average Bonchev–Trinajstić information content (AvgIpc) is 2.97. The standard InChI is InChI=1S/C23H27N3O3/c1-6-25-17(5)26(16(4)22(27)24-19-10-8-9-15(3)13-19)21-14-18(11-12-20(21)25)23(28)29-7-2/h8-14,16H,6-7H2,1-5H3/p+1/t16-/m0/s1. The zero-order valence-electron chi connectivity index (χ0n) is 17.7. The second-order valence-electron chi connectivity index (χ2n) is 7.12. The first-order valence-corrected chi connectivity index (χ1v) is 9.96. The van der Waals surface area contributed by atoms with Crippen molar-refractivity contribution >= 4 is 28.6 Å². The van der Waals surface area contributed by atoms with Gasteiger partial charge in [0.15, 0.2) is 17.1 Å². The van der Waals surface area contributed by atoms with Crippen molar-refractivity contribution in [2.24, 2.45) is 0 Å². The summed E-state index contributed by atoms with van der Waals surface area (Å²) in [5.41, 5.74) is 4.15. The highest BCUT2D eigenvalue weighted by molar-refractivity contribution is 5.96. The minimum absolute atomic E-state index is 0.111. The van der Waals surface area contributed by atoms with Crippen LogP contribution < -0.4 is 9.88 Å². The minimum atomic E-state index is -0.455. The van der Waals surface area contributed by atoms with E-state index in [1.807, 2.05) is 61.7 Å². The Balaban J connectivity index is 2.04. The summed E-state index contributed by atoms with van der Waals surface area (Å²) in [7, 11) is 0. The number of anilines is 1. The highest BCUT2D eigenvalue weighted by atomic mass is 16.5. The van der Waals surface area contributed by atoms with E-state index >= 15 is 0 Å². The number of rotatable bonds is 6. The molecule has 1 amide bonds. The first kappa shape index (κ1) is 20.6. The normalized spacial score (nSPS) is 12.0. The Labute approximate surface area is 171 Å². The Morgan fingerprint density at radius 3 is 2.55 bits per heavy atom. The summed E-state index contributed by atoms with van der Waals surface area (Å²) >= 11 is 0. The van der Waals surface area contributed by atoms with Gasteiger partial charge in [-0.1, -0.05) is 12.1 Å². The van der Waals surface area contributed by atoms with E-state index < -0.39 is 6.04 Å². The predicted octanol–water partition coefficient (Wildman–Crippen LogP) is 3.94. The van der Waals surface area contributed by atoms with Gasteiger partial charge < -0.3 is 10.1 Å². The number of esters is 1. The molecule has 2 aromatic carbocycles. The monoisotopic (exact) mass is 394 g/mol. The SMILES string of the molecule is CCOC(=O)c1ccc2c(c1)n([C@@H](C)C(=O)Nc1cccc(C)c1)c(C)[n+]2CC. The summed E-state index contributed by atoms with van der Waals surface area (Å²) in [5.74, 6) is 0.482. The van der Waals surface area contributed by atoms with E-state index in [1.54, 1.807) is 13.0 Å². The van der Waals surface area contributed by atoms with Gasteiger partial charge in [0, 0.05) is 18.7 Å². The lowest BCUT2D eigenvalue weighted by Gasteiger charge is -2.12. The number of hydrogen-bond donors (Lipinski definition) is 1. The molecule has 0 fully saturated rings. The number of carbonyl (C=O) groups excluding carboxylic acids is 2. The summed E-state index contributed by atoms with van der Waals surface area (Å²) in [6.07, 6.45) is 0. The molecule has 0 aliphatic heterocycles. The second kappa shape index (κ2) is 8.47. The number of aryl methyl sites for hydroxylation is 2. The van der Waals surface area contributed by atoms with Crippen LogP contribution in [-0.4, -0.2) is 23.1 Å². The largest absolute Gasteiger partial charge is 0.462 e. The van der Waals surface area contributed by atoms with Crippen LogP contribution >= 0.6 is 0 Å². The van der Waals surface area contributed by atoms with Crippen LogP contribution in [0.3, 0.4) is 0 Å². The molecule has 3 aromatic rings. The number of fused-ring (bicyclic) bond motifs is 1. The van der Waals surface area contributed by atoms with Crippen LogP contribution in [0, 0.1) is 13.8 Å². The van der Waals surface area contributed by atoms with E-state index in [4.69, 9.17) is 4.74 Å². The lowest BCUT2D eigenvalue weighted by atomic mass is 10.2. The van der Waals surface area contributed by atoms with Gasteiger partial charge in [-0.3, -0.25) is 4.79 Å². The molecule has 6 nitrogen and oxygen atoms in total. The number of aromatic nitrogens is 2. The fourth-order valence-electron chi connectivity index (χ4n) is 3.74. The Kier molecular flexibility index (Phi) is 6.01. The van der Waals surface area contributed by atoms with Crippen LogP contribution in [0.1, 0.15) is 48.6 Å². The number of ether oxygens (including phenoxy) is 1. The van der Waals surface area contributed by atoms with Crippen molar-refractivity contribution in [3.05, 3.63) is 59.4 Å². The number of carbonyl (C=O) groups is 2. The molecule has 1 aromatic heterocycles. The van der Waals surface area contributed by atoms with Crippen LogP contribution in [0.15, 0.2) is 42.5 Å². The summed E-state index contributed by atoms with van der Waals surface area (Å²) < 4.78 is 9.26. The first-order chi connectivity index (χ1) is 13.9. The third kappa shape index (κ3) is 4.01. The maximum absolute atomic E-state index is 13.0. The van der Waals surface area contributed by atoms with Gasteiger partial charge >= 0.3 is 5.97 Å². The smallest absolute Gasteiger partial charge is 0.338 e. The molecule has 0 saturated carbocycles. The number of benzene rings is 2. The second-order valence-corrected chi connectivity index (χ2v) is 7.12. The van der Waals surface area contributed by atoms with E-state index in [1.165, 1.54) is 0 Å². The molecular formula is C23H28N3O3+. The quantitative estimate of drug-likeness (QED) is 0.509. The van der Waals surface area contributed by atoms with Crippen molar-refractivity contribution in [3.8, 4) is 0 Å². The molecule has 29 heavy (non-hydrogen) atoms. The zero-order valence-corrected chi connectivity index (χ0v) is 17.7. The Hall–Kier alpha value is -3.15. The maximum atomic E-state index is 13.0. The molecule has 1 N–H and O–H groups in total. The topological polar surface area (TPSA) is 64.2 Å².